The number of nitrogens with two attached hydrogens (primary N) is 1. The molecule has 4 nitrogen and oxygen atoms in total. The lowest BCUT2D eigenvalue weighted by molar-refractivity contribution is -0.140. The Morgan fingerprint density at radius 3 is 2.71 bits per heavy atom. The van der Waals surface area contributed by atoms with Crippen molar-refractivity contribution in [1.29, 1.82) is 0 Å². The standard InChI is InChI=1S/C9H17BrN2O2/c1-14-9(13)8(10)6-12-4-2-7(11)3-5-12/h7-8H,2-6,11H2,1H3. The third-order valence-electron chi connectivity index (χ3n) is 2.51. The van der Waals surface area contributed by atoms with Gasteiger partial charge < -0.3 is 15.4 Å². The number of likely N-dealkylation sites (tertiary alicyclic amines) is 1. The van der Waals surface area contributed by atoms with E-state index < -0.39 is 0 Å². The molecule has 0 saturated carbocycles. The van der Waals surface area contributed by atoms with Crippen LogP contribution in [0.1, 0.15) is 12.8 Å². The summed E-state index contributed by atoms with van der Waals surface area (Å²) in [6.07, 6.45) is 2.03. The van der Waals surface area contributed by atoms with Crippen molar-refractivity contribution in [3.05, 3.63) is 0 Å². The minimum Gasteiger partial charge on any atom is -0.468 e. The smallest absolute Gasteiger partial charge is 0.320 e. The van der Waals surface area contributed by atoms with Crippen molar-refractivity contribution in [3.63, 3.8) is 0 Å². The third-order valence-corrected chi connectivity index (χ3v) is 3.17. The maximum atomic E-state index is 11.1. The Balaban J connectivity index is 2.27. The summed E-state index contributed by atoms with van der Waals surface area (Å²) < 4.78 is 4.64. The molecule has 0 bridgehead atoms. The number of hydrogen-bond acceptors (Lipinski definition) is 4. The zero-order valence-corrected chi connectivity index (χ0v) is 10.00. The number of piperidine rings is 1. The number of halogens is 1. The van der Waals surface area contributed by atoms with Crippen molar-refractivity contribution in [1.82, 2.24) is 4.90 Å². The Bertz CT molecular complexity index is 193. The highest BCUT2D eigenvalue weighted by molar-refractivity contribution is 9.10. The molecule has 82 valence electrons. The molecule has 0 spiro atoms. The molecule has 5 heteroatoms. The predicted octanol–water partition coefficient (Wildman–Crippen LogP) is 0.346. The number of carbonyl (C=O) groups excluding carboxylic acids is 1. The van der Waals surface area contributed by atoms with E-state index >= 15 is 0 Å². The van der Waals surface area contributed by atoms with Gasteiger partial charge in [0.1, 0.15) is 4.83 Å². The lowest BCUT2D eigenvalue weighted by Gasteiger charge is -2.30. The molecule has 0 aromatic heterocycles. The van der Waals surface area contributed by atoms with Gasteiger partial charge in [0.15, 0.2) is 0 Å². The highest BCUT2D eigenvalue weighted by Crippen LogP contribution is 2.11. The van der Waals surface area contributed by atoms with Gasteiger partial charge in [0.2, 0.25) is 0 Å². The second kappa shape index (κ2) is 5.68. The monoisotopic (exact) mass is 264 g/mol. The van der Waals surface area contributed by atoms with E-state index in [-0.39, 0.29) is 10.8 Å². The molecule has 1 unspecified atom stereocenters. The van der Waals surface area contributed by atoms with E-state index in [2.05, 4.69) is 25.6 Å². The van der Waals surface area contributed by atoms with Gasteiger partial charge in [-0.05, 0) is 25.9 Å². The van der Waals surface area contributed by atoms with E-state index in [1.165, 1.54) is 7.11 Å². The van der Waals surface area contributed by atoms with Gasteiger partial charge in [0, 0.05) is 12.6 Å². The number of ether oxygens (including phenoxy) is 1. The summed E-state index contributed by atoms with van der Waals surface area (Å²) in [5, 5.41) is 0. The molecular weight excluding hydrogens is 248 g/mol. The fourth-order valence-corrected chi connectivity index (χ4v) is 2.16. The molecule has 14 heavy (non-hydrogen) atoms. The van der Waals surface area contributed by atoms with Crippen LogP contribution in [0.4, 0.5) is 0 Å². The fourth-order valence-electron chi connectivity index (χ4n) is 1.56. The third kappa shape index (κ3) is 3.55. The summed E-state index contributed by atoms with van der Waals surface area (Å²) in [6.45, 7) is 2.65. The highest BCUT2D eigenvalue weighted by atomic mass is 79.9. The second-order valence-corrected chi connectivity index (χ2v) is 4.73. The summed E-state index contributed by atoms with van der Waals surface area (Å²) in [6, 6.07) is 0.332. The Hall–Kier alpha value is -0.130. The normalized spacial score (nSPS) is 21.9. The van der Waals surface area contributed by atoms with Crippen molar-refractivity contribution >= 4 is 21.9 Å². The zero-order valence-electron chi connectivity index (χ0n) is 8.41. The number of carbonyl (C=O) groups is 1. The van der Waals surface area contributed by atoms with Crippen LogP contribution in [-0.4, -0.2) is 48.5 Å². The minimum absolute atomic E-state index is 0.208. The topological polar surface area (TPSA) is 55.6 Å². The minimum atomic E-state index is -0.221. The Morgan fingerprint density at radius 2 is 2.21 bits per heavy atom. The van der Waals surface area contributed by atoms with Crippen molar-refractivity contribution in [2.75, 3.05) is 26.7 Å². The van der Waals surface area contributed by atoms with Crippen LogP contribution in [0.2, 0.25) is 0 Å². The van der Waals surface area contributed by atoms with Crippen LogP contribution >= 0.6 is 15.9 Å². The fraction of sp³-hybridized carbons (Fsp3) is 0.889. The van der Waals surface area contributed by atoms with Crippen LogP contribution < -0.4 is 5.73 Å². The average molecular weight is 265 g/mol. The number of esters is 1. The van der Waals surface area contributed by atoms with Crippen LogP contribution in [0, 0.1) is 0 Å². The average Bonchev–Trinajstić information content (AvgIpc) is 2.20. The SMILES string of the molecule is COC(=O)C(Br)CN1CCC(N)CC1. The zero-order chi connectivity index (χ0) is 10.6. The van der Waals surface area contributed by atoms with Crippen LogP contribution in [0.3, 0.4) is 0 Å². The summed E-state index contributed by atoms with van der Waals surface area (Å²) in [7, 11) is 1.41. The molecule has 1 fully saturated rings. The van der Waals surface area contributed by atoms with Gasteiger partial charge in [-0.25, -0.2) is 0 Å². The van der Waals surface area contributed by atoms with Gasteiger partial charge in [0.25, 0.3) is 0 Å². The van der Waals surface area contributed by atoms with Crippen molar-refractivity contribution in [3.8, 4) is 0 Å². The number of rotatable bonds is 3. The lowest BCUT2D eigenvalue weighted by atomic mass is 10.1. The predicted molar refractivity (Wildman–Crippen MR) is 58.4 cm³/mol. The van der Waals surface area contributed by atoms with Crippen LogP contribution in [0.25, 0.3) is 0 Å². The van der Waals surface area contributed by atoms with Gasteiger partial charge >= 0.3 is 5.97 Å². The van der Waals surface area contributed by atoms with E-state index in [4.69, 9.17) is 5.73 Å². The van der Waals surface area contributed by atoms with E-state index in [1.54, 1.807) is 0 Å². The van der Waals surface area contributed by atoms with Crippen LogP contribution in [-0.2, 0) is 9.53 Å². The first kappa shape index (κ1) is 11.9. The van der Waals surface area contributed by atoms with E-state index in [9.17, 15) is 4.79 Å². The molecular formula is C9H17BrN2O2. The van der Waals surface area contributed by atoms with Gasteiger partial charge in [-0.15, -0.1) is 0 Å². The molecule has 0 aromatic carbocycles. The molecule has 0 amide bonds. The van der Waals surface area contributed by atoms with Gasteiger partial charge in [-0.3, -0.25) is 4.79 Å². The Labute approximate surface area is 92.9 Å². The summed E-state index contributed by atoms with van der Waals surface area (Å²) in [4.78, 5) is 13.1. The molecule has 0 aromatic rings. The number of alkyl halides is 1. The van der Waals surface area contributed by atoms with Gasteiger partial charge in [-0.2, -0.15) is 0 Å². The number of methoxy groups -OCH3 is 1. The second-order valence-electron chi connectivity index (χ2n) is 3.63. The molecule has 1 atom stereocenters. The van der Waals surface area contributed by atoms with Crippen LogP contribution in [0.5, 0.6) is 0 Å². The van der Waals surface area contributed by atoms with Crippen molar-refractivity contribution < 1.29 is 9.53 Å². The highest BCUT2D eigenvalue weighted by Gasteiger charge is 2.22. The Kier molecular flexibility index (Phi) is 4.84. The maximum Gasteiger partial charge on any atom is 0.320 e. The van der Waals surface area contributed by atoms with Gasteiger partial charge in [0.05, 0.1) is 7.11 Å². The molecule has 1 rings (SSSR count). The number of nitrogens with zero attached hydrogens (tertiary/aromatic N) is 1. The largest absolute Gasteiger partial charge is 0.468 e. The number of hydrogen-bond donors (Lipinski definition) is 1. The van der Waals surface area contributed by atoms with E-state index in [1.807, 2.05) is 0 Å². The first-order valence-corrected chi connectivity index (χ1v) is 5.75. The summed E-state index contributed by atoms with van der Waals surface area (Å²) in [5.74, 6) is -0.208. The molecule has 0 radical (unpaired) electrons. The lowest BCUT2D eigenvalue weighted by Crippen LogP contribution is -2.43. The molecule has 1 aliphatic heterocycles. The van der Waals surface area contributed by atoms with Crippen LogP contribution in [0.15, 0.2) is 0 Å². The van der Waals surface area contributed by atoms with E-state index in [0.29, 0.717) is 12.6 Å². The van der Waals surface area contributed by atoms with Crippen molar-refractivity contribution in [2.45, 2.75) is 23.7 Å². The summed E-state index contributed by atoms with van der Waals surface area (Å²) in [5.41, 5.74) is 5.78. The molecule has 1 saturated heterocycles. The molecule has 0 aliphatic carbocycles. The first-order chi connectivity index (χ1) is 6.63. The maximum absolute atomic E-state index is 11.1. The summed E-state index contributed by atoms with van der Waals surface area (Å²) >= 11 is 3.31. The Morgan fingerprint density at radius 1 is 1.64 bits per heavy atom. The van der Waals surface area contributed by atoms with Crippen molar-refractivity contribution in [2.24, 2.45) is 5.73 Å². The van der Waals surface area contributed by atoms with Gasteiger partial charge in [-0.1, -0.05) is 15.9 Å². The quantitative estimate of drug-likeness (QED) is 0.591. The first-order valence-electron chi connectivity index (χ1n) is 4.83. The van der Waals surface area contributed by atoms with E-state index in [0.717, 1.165) is 25.9 Å². The molecule has 1 aliphatic rings. The molecule has 1 heterocycles. The molecule has 2 N–H and O–H groups in total.